The highest BCUT2D eigenvalue weighted by atomic mass is 16.6. The summed E-state index contributed by atoms with van der Waals surface area (Å²) in [6.45, 7) is 12.9. The van der Waals surface area contributed by atoms with Crippen LogP contribution in [0.2, 0.25) is 0 Å². The number of hydrogen-bond donors (Lipinski definition) is 2. The number of carbonyl (C=O) groups is 2. The number of H-pyrrole nitrogens is 1. The summed E-state index contributed by atoms with van der Waals surface area (Å²) in [5.41, 5.74) is -0.0307. The largest absolute Gasteiger partial charge is 0.492 e. The first-order chi connectivity index (χ1) is 16.3. The van der Waals surface area contributed by atoms with Gasteiger partial charge in [-0.05, 0) is 63.9 Å². The Balaban J connectivity index is 2.51. The molecule has 8 heteroatoms. The number of amides is 1. The van der Waals surface area contributed by atoms with Crippen molar-refractivity contribution < 1.29 is 19.4 Å². The van der Waals surface area contributed by atoms with E-state index in [4.69, 9.17) is 4.74 Å². The molecule has 2 N–H and O–H groups in total. The van der Waals surface area contributed by atoms with Crippen LogP contribution in [-0.2, 0) is 20.7 Å². The molecule has 1 amide bonds. The number of rotatable bonds is 11. The van der Waals surface area contributed by atoms with Crippen LogP contribution < -0.4 is 10.7 Å². The second kappa shape index (κ2) is 12.1. The van der Waals surface area contributed by atoms with Crippen molar-refractivity contribution in [2.75, 3.05) is 5.01 Å². The first kappa shape index (κ1) is 28.2. The third-order valence-electron chi connectivity index (χ3n) is 5.62. The van der Waals surface area contributed by atoms with E-state index in [0.29, 0.717) is 25.0 Å². The first-order valence-electron chi connectivity index (χ1n) is 12.4. The van der Waals surface area contributed by atoms with Gasteiger partial charge in [0.1, 0.15) is 5.60 Å². The number of nitrogens with zero attached hydrogens (tertiary/aromatic N) is 2. The number of aromatic amines is 1. The topological polar surface area (TPSA) is 105 Å². The van der Waals surface area contributed by atoms with Crippen molar-refractivity contribution in [2.45, 2.75) is 98.1 Å². The summed E-state index contributed by atoms with van der Waals surface area (Å²) in [6.07, 6.45) is 2.25. The van der Waals surface area contributed by atoms with E-state index in [2.05, 4.69) is 4.98 Å². The van der Waals surface area contributed by atoms with E-state index in [1.807, 2.05) is 58.0 Å². The molecule has 2 aromatic rings. The molecule has 0 spiro atoms. The average Bonchev–Trinajstić information content (AvgIpc) is 3.05. The van der Waals surface area contributed by atoms with Gasteiger partial charge < -0.3 is 14.8 Å². The van der Waals surface area contributed by atoms with Gasteiger partial charge in [0.2, 0.25) is 11.8 Å². The Kier molecular flexibility index (Phi) is 9.74. The minimum atomic E-state index is -1.07. The van der Waals surface area contributed by atoms with Crippen molar-refractivity contribution in [3.8, 4) is 5.88 Å². The van der Waals surface area contributed by atoms with Gasteiger partial charge in [-0.2, -0.15) is 4.68 Å². The van der Waals surface area contributed by atoms with E-state index in [0.717, 1.165) is 15.2 Å². The molecule has 194 valence electrons. The number of hydrogen-bond acceptors (Lipinski definition) is 5. The Morgan fingerprint density at radius 1 is 1.09 bits per heavy atom. The molecule has 2 rings (SSSR count). The van der Waals surface area contributed by atoms with Crippen LogP contribution >= 0.6 is 0 Å². The van der Waals surface area contributed by atoms with Gasteiger partial charge in [0.25, 0.3) is 0 Å². The first-order valence-corrected chi connectivity index (χ1v) is 12.4. The van der Waals surface area contributed by atoms with E-state index < -0.39 is 29.2 Å². The molecule has 8 nitrogen and oxygen atoms in total. The van der Waals surface area contributed by atoms with Gasteiger partial charge in [0.15, 0.2) is 6.04 Å². The minimum Gasteiger partial charge on any atom is -0.492 e. The lowest BCUT2D eigenvalue weighted by Crippen LogP contribution is -2.56. The quantitative estimate of drug-likeness (QED) is 0.449. The normalized spacial score (nSPS) is 12.7. The second-order valence-corrected chi connectivity index (χ2v) is 10.7. The predicted octanol–water partition coefficient (Wildman–Crippen LogP) is 4.64. The Hall–Kier alpha value is -3.03. The zero-order valence-corrected chi connectivity index (χ0v) is 22.1. The molecular weight excluding hydrogens is 446 g/mol. The minimum absolute atomic E-state index is 0.129. The summed E-state index contributed by atoms with van der Waals surface area (Å²) in [5.74, 6) is -1.32. The highest BCUT2D eigenvalue weighted by molar-refractivity contribution is 5.93. The number of nitrogens with one attached hydrogen (secondary N) is 1. The van der Waals surface area contributed by atoms with Crippen molar-refractivity contribution in [1.82, 2.24) is 9.66 Å². The van der Waals surface area contributed by atoms with Gasteiger partial charge in [-0.25, -0.2) is 14.6 Å². The Bertz CT molecular complexity index is 1030. The van der Waals surface area contributed by atoms with Gasteiger partial charge in [0.05, 0.1) is 5.69 Å². The van der Waals surface area contributed by atoms with E-state index >= 15 is 0 Å². The van der Waals surface area contributed by atoms with E-state index in [9.17, 15) is 19.5 Å². The lowest BCUT2D eigenvalue weighted by atomic mass is 10.0. The highest BCUT2D eigenvalue weighted by Gasteiger charge is 2.37. The van der Waals surface area contributed by atoms with Gasteiger partial charge in [-0.1, -0.05) is 58.0 Å². The number of benzene rings is 1. The maximum absolute atomic E-state index is 13.5. The predicted molar refractivity (Wildman–Crippen MR) is 137 cm³/mol. The fourth-order valence-corrected chi connectivity index (χ4v) is 3.84. The van der Waals surface area contributed by atoms with Crippen molar-refractivity contribution in [3.05, 3.63) is 52.1 Å². The molecule has 0 radical (unpaired) electrons. The third-order valence-corrected chi connectivity index (χ3v) is 5.62. The summed E-state index contributed by atoms with van der Waals surface area (Å²) in [4.78, 5) is 42.5. The molecule has 0 saturated carbocycles. The van der Waals surface area contributed by atoms with Gasteiger partial charge in [-0.3, -0.25) is 4.79 Å². The summed E-state index contributed by atoms with van der Waals surface area (Å²) in [5, 5.41) is 12.0. The number of imidazole rings is 1. The van der Waals surface area contributed by atoms with Crippen LogP contribution in [0.3, 0.4) is 0 Å². The van der Waals surface area contributed by atoms with E-state index in [-0.39, 0.29) is 30.6 Å². The van der Waals surface area contributed by atoms with Crippen LogP contribution in [0.25, 0.3) is 0 Å². The number of aromatic hydroxyl groups is 1. The SMILES string of the molecule is CC(C)CCC(=O)N([C@@H](CCCc1ccccc1)C(=O)OC(C)(C)C)n1c(O)c(C(C)C)[nH]c1=O. The molecule has 0 unspecified atom stereocenters. The van der Waals surface area contributed by atoms with E-state index in [1.165, 1.54) is 0 Å². The lowest BCUT2D eigenvalue weighted by molar-refractivity contribution is -0.158. The third kappa shape index (κ3) is 8.01. The number of ether oxygens (including phenoxy) is 1. The van der Waals surface area contributed by atoms with Gasteiger partial charge in [0, 0.05) is 6.42 Å². The molecule has 0 aliphatic rings. The Labute approximate surface area is 208 Å². The number of aromatic nitrogens is 2. The molecule has 35 heavy (non-hydrogen) atoms. The van der Waals surface area contributed by atoms with Gasteiger partial charge >= 0.3 is 11.7 Å². The van der Waals surface area contributed by atoms with Crippen LogP contribution in [-0.4, -0.2) is 38.3 Å². The molecule has 1 heterocycles. The Morgan fingerprint density at radius 2 is 1.71 bits per heavy atom. The van der Waals surface area contributed by atoms with Crippen LogP contribution in [0.4, 0.5) is 0 Å². The molecule has 0 aliphatic heterocycles. The standard InChI is InChI=1S/C27H41N3O5/c1-18(2)16-17-22(31)29(30-24(32)23(19(3)4)28-26(30)34)21(25(33)35-27(5,6)7)15-11-14-20-12-9-8-10-13-20/h8-10,12-13,18-19,21,32H,11,14-17H2,1-7H3,(H,28,34)/t21-/m0/s1. The van der Waals surface area contributed by atoms with Crippen LogP contribution in [0.15, 0.2) is 35.1 Å². The van der Waals surface area contributed by atoms with Crippen LogP contribution in [0, 0.1) is 5.92 Å². The van der Waals surface area contributed by atoms with Crippen LogP contribution in [0.5, 0.6) is 5.88 Å². The monoisotopic (exact) mass is 487 g/mol. The average molecular weight is 488 g/mol. The molecule has 0 fully saturated rings. The van der Waals surface area contributed by atoms with Crippen molar-refractivity contribution >= 4 is 11.9 Å². The number of carbonyl (C=O) groups excluding carboxylic acids is 2. The molecular formula is C27H41N3O5. The molecule has 1 aromatic carbocycles. The fraction of sp³-hybridized carbons (Fsp3) is 0.593. The lowest BCUT2D eigenvalue weighted by Gasteiger charge is -2.33. The summed E-state index contributed by atoms with van der Waals surface area (Å²) >= 11 is 0. The fourth-order valence-electron chi connectivity index (χ4n) is 3.84. The molecule has 0 saturated heterocycles. The number of aryl methyl sites for hydroxylation is 1. The maximum Gasteiger partial charge on any atom is 0.348 e. The van der Waals surface area contributed by atoms with Gasteiger partial charge in [-0.15, -0.1) is 0 Å². The van der Waals surface area contributed by atoms with E-state index in [1.54, 1.807) is 20.8 Å². The van der Waals surface area contributed by atoms with Crippen molar-refractivity contribution in [2.24, 2.45) is 5.92 Å². The zero-order chi connectivity index (χ0) is 26.3. The summed E-state index contributed by atoms with van der Waals surface area (Å²) < 4.78 is 6.59. The highest BCUT2D eigenvalue weighted by Crippen LogP contribution is 2.25. The van der Waals surface area contributed by atoms with Crippen molar-refractivity contribution in [3.63, 3.8) is 0 Å². The molecule has 0 aliphatic carbocycles. The smallest absolute Gasteiger partial charge is 0.348 e. The molecule has 1 aromatic heterocycles. The van der Waals surface area contributed by atoms with Crippen LogP contribution in [0.1, 0.15) is 91.3 Å². The summed E-state index contributed by atoms with van der Waals surface area (Å²) in [6, 6.07) is 8.78. The maximum atomic E-state index is 13.5. The number of esters is 1. The molecule has 0 bridgehead atoms. The second-order valence-electron chi connectivity index (χ2n) is 10.7. The Morgan fingerprint density at radius 3 is 2.23 bits per heavy atom. The zero-order valence-electron chi connectivity index (χ0n) is 22.1. The van der Waals surface area contributed by atoms with Crippen molar-refractivity contribution in [1.29, 1.82) is 0 Å². The summed E-state index contributed by atoms with van der Waals surface area (Å²) in [7, 11) is 0. The molecule has 1 atom stereocenters.